The van der Waals surface area contributed by atoms with E-state index in [9.17, 15) is 4.79 Å². The van der Waals surface area contributed by atoms with Crippen molar-refractivity contribution in [3.63, 3.8) is 0 Å². The second-order valence-electron chi connectivity index (χ2n) is 4.11. The van der Waals surface area contributed by atoms with Crippen LogP contribution in [0.3, 0.4) is 0 Å². The Balaban J connectivity index is 1.90. The first-order valence-electron chi connectivity index (χ1n) is 5.80. The van der Waals surface area contributed by atoms with E-state index in [-0.39, 0.29) is 5.69 Å². The van der Waals surface area contributed by atoms with Crippen molar-refractivity contribution in [1.29, 1.82) is 0 Å². The third kappa shape index (κ3) is 2.50. The van der Waals surface area contributed by atoms with Gasteiger partial charge >= 0.3 is 5.69 Å². The predicted octanol–water partition coefficient (Wildman–Crippen LogP) is 2.59. The number of ether oxygens (including phenoxy) is 1. The van der Waals surface area contributed by atoms with Gasteiger partial charge in [0, 0.05) is 17.1 Å². The van der Waals surface area contributed by atoms with Crippen LogP contribution >= 0.6 is 22.9 Å². The highest BCUT2D eigenvalue weighted by atomic mass is 35.5. The second-order valence-corrected chi connectivity index (χ2v) is 5.81. The van der Waals surface area contributed by atoms with Crippen LogP contribution in [0.1, 0.15) is 4.88 Å². The number of hydrogen-bond acceptors (Lipinski definition) is 5. The number of hydrogen-bond donors (Lipinski definition) is 3. The molecule has 0 unspecified atom stereocenters. The molecule has 20 heavy (non-hydrogen) atoms. The summed E-state index contributed by atoms with van der Waals surface area (Å²) in [5, 5.41) is 3.25. The van der Waals surface area contributed by atoms with Crippen LogP contribution in [-0.2, 0) is 6.54 Å². The fourth-order valence-corrected chi connectivity index (χ4v) is 2.83. The summed E-state index contributed by atoms with van der Waals surface area (Å²) in [5.41, 5.74) is 1.98. The van der Waals surface area contributed by atoms with Crippen LogP contribution < -0.4 is 15.7 Å². The number of fused-ring (bicyclic) bond motifs is 1. The zero-order valence-corrected chi connectivity index (χ0v) is 12.1. The van der Waals surface area contributed by atoms with E-state index in [1.54, 1.807) is 19.4 Å². The van der Waals surface area contributed by atoms with Crippen LogP contribution in [0.2, 0.25) is 4.47 Å². The Morgan fingerprint density at radius 3 is 2.80 bits per heavy atom. The molecule has 0 saturated heterocycles. The molecule has 3 rings (SSSR count). The summed E-state index contributed by atoms with van der Waals surface area (Å²) < 4.78 is 5.83. The molecule has 0 bridgehead atoms. The van der Waals surface area contributed by atoms with Crippen molar-refractivity contribution < 1.29 is 4.74 Å². The van der Waals surface area contributed by atoms with Crippen molar-refractivity contribution in [2.75, 3.05) is 12.4 Å². The molecule has 104 valence electrons. The monoisotopic (exact) mass is 310 g/mol. The Kier molecular flexibility index (Phi) is 3.37. The van der Waals surface area contributed by atoms with Gasteiger partial charge in [-0.3, -0.25) is 0 Å². The maximum absolute atomic E-state index is 11.3. The van der Waals surface area contributed by atoms with Gasteiger partial charge in [0.2, 0.25) is 0 Å². The van der Waals surface area contributed by atoms with Crippen LogP contribution in [0.5, 0.6) is 5.75 Å². The van der Waals surface area contributed by atoms with Gasteiger partial charge in [0.1, 0.15) is 5.75 Å². The van der Waals surface area contributed by atoms with Crippen LogP contribution in [0, 0.1) is 0 Å². The summed E-state index contributed by atoms with van der Waals surface area (Å²) in [7, 11) is 1.58. The van der Waals surface area contributed by atoms with Crippen molar-refractivity contribution in [2.24, 2.45) is 0 Å². The van der Waals surface area contributed by atoms with E-state index in [1.807, 2.05) is 6.07 Å². The van der Waals surface area contributed by atoms with Crippen molar-refractivity contribution in [2.45, 2.75) is 6.54 Å². The van der Waals surface area contributed by atoms with Gasteiger partial charge in [-0.2, -0.15) is 0 Å². The molecule has 0 amide bonds. The summed E-state index contributed by atoms with van der Waals surface area (Å²) in [4.78, 5) is 21.7. The van der Waals surface area contributed by atoms with Crippen LogP contribution in [0.4, 0.5) is 5.69 Å². The standard InChI is InChI=1S/C12H11ClN4O2S/c1-19-10-3-8-7(16-12(18)17-8)2-9(10)14-4-6-5-15-11(13)20-6/h2-3,5,14H,4H2,1H3,(H2,16,17,18). The third-order valence-corrected chi connectivity index (χ3v) is 3.93. The van der Waals surface area contributed by atoms with Crippen LogP contribution in [0.25, 0.3) is 11.0 Å². The molecule has 0 aliphatic heterocycles. The smallest absolute Gasteiger partial charge is 0.323 e. The largest absolute Gasteiger partial charge is 0.495 e. The number of nitrogens with zero attached hydrogens (tertiary/aromatic N) is 1. The van der Waals surface area contributed by atoms with Gasteiger partial charge in [-0.25, -0.2) is 9.78 Å². The van der Waals surface area contributed by atoms with E-state index in [0.717, 1.165) is 16.1 Å². The molecule has 0 fully saturated rings. The SMILES string of the molecule is COc1cc2[nH]c(=O)[nH]c2cc1NCc1cnc(Cl)s1. The highest BCUT2D eigenvalue weighted by Crippen LogP contribution is 2.29. The average Bonchev–Trinajstić information content (AvgIpc) is 2.99. The molecule has 0 atom stereocenters. The summed E-state index contributed by atoms with van der Waals surface area (Å²) in [6.45, 7) is 0.584. The first-order valence-corrected chi connectivity index (χ1v) is 6.99. The number of halogens is 1. The number of methoxy groups -OCH3 is 1. The number of imidazole rings is 1. The number of aromatic amines is 2. The zero-order valence-electron chi connectivity index (χ0n) is 10.5. The Morgan fingerprint density at radius 1 is 1.40 bits per heavy atom. The maximum atomic E-state index is 11.3. The Morgan fingerprint density at radius 2 is 2.15 bits per heavy atom. The lowest BCUT2D eigenvalue weighted by molar-refractivity contribution is 0.417. The van der Waals surface area contributed by atoms with Gasteiger partial charge in [-0.15, -0.1) is 11.3 Å². The predicted molar refractivity (Wildman–Crippen MR) is 79.9 cm³/mol. The highest BCUT2D eigenvalue weighted by Gasteiger charge is 2.08. The molecule has 0 aliphatic carbocycles. The van der Waals surface area contributed by atoms with E-state index < -0.39 is 0 Å². The van der Waals surface area contributed by atoms with Crippen molar-refractivity contribution in [3.8, 4) is 5.75 Å². The molecule has 0 saturated carbocycles. The highest BCUT2D eigenvalue weighted by molar-refractivity contribution is 7.15. The van der Waals surface area contributed by atoms with Crippen molar-refractivity contribution in [1.82, 2.24) is 15.0 Å². The van der Waals surface area contributed by atoms with E-state index in [0.29, 0.717) is 22.3 Å². The maximum Gasteiger partial charge on any atom is 0.323 e. The number of anilines is 1. The first kappa shape index (κ1) is 13.0. The van der Waals surface area contributed by atoms with Crippen LogP contribution in [0.15, 0.2) is 23.1 Å². The number of nitrogens with one attached hydrogen (secondary N) is 3. The van der Waals surface area contributed by atoms with E-state index >= 15 is 0 Å². The van der Waals surface area contributed by atoms with E-state index in [2.05, 4.69) is 20.3 Å². The van der Waals surface area contributed by atoms with Gasteiger partial charge in [-0.1, -0.05) is 11.6 Å². The molecule has 1 aromatic carbocycles. The van der Waals surface area contributed by atoms with E-state index in [1.165, 1.54) is 11.3 Å². The van der Waals surface area contributed by atoms with Crippen molar-refractivity contribution in [3.05, 3.63) is 38.2 Å². The third-order valence-electron chi connectivity index (χ3n) is 2.81. The lowest BCUT2D eigenvalue weighted by Crippen LogP contribution is -2.00. The fraction of sp³-hybridized carbons (Fsp3) is 0.167. The molecule has 8 heteroatoms. The number of aromatic nitrogens is 3. The molecule has 2 aromatic heterocycles. The topological polar surface area (TPSA) is 82.8 Å². The molecule has 3 N–H and O–H groups in total. The van der Waals surface area contributed by atoms with Gasteiger partial charge < -0.3 is 20.0 Å². The Labute approximate surface area is 122 Å². The Bertz CT molecular complexity index is 807. The first-order chi connectivity index (χ1) is 9.65. The summed E-state index contributed by atoms with van der Waals surface area (Å²) in [6, 6.07) is 3.60. The molecule has 3 aromatic rings. The van der Waals surface area contributed by atoms with Crippen molar-refractivity contribution >= 4 is 39.7 Å². The summed E-state index contributed by atoms with van der Waals surface area (Å²) >= 11 is 7.21. The number of benzene rings is 1. The van der Waals surface area contributed by atoms with Gasteiger partial charge in [0.25, 0.3) is 0 Å². The zero-order chi connectivity index (χ0) is 14.1. The molecule has 6 nitrogen and oxygen atoms in total. The quantitative estimate of drug-likeness (QED) is 0.691. The minimum absolute atomic E-state index is 0.242. The Hall–Kier alpha value is -1.99. The summed E-state index contributed by atoms with van der Waals surface area (Å²) in [6.07, 6.45) is 1.73. The number of thiazole rings is 1. The molecular weight excluding hydrogens is 300 g/mol. The van der Waals surface area contributed by atoms with Gasteiger partial charge in [-0.05, 0) is 6.07 Å². The lowest BCUT2D eigenvalue weighted by atomic mass is 10.2. The molecule has 0 radical (unpaired) electrons. The second kappa shape index (κ2) is 5.18. The molecule has 0 aliphatic rings. The van der Waals surface area contributed by atoms with Gasteiger partial charge in [0.15, 0.2) is 4.47 Å². The average molecular weight is 311 g/mol. The molecule has 2 heterocycles. The summed E-state index contributed by atoms with van der Waals surface area (Å²) in [5.74, 6) is 0.656. The lowest BCUT2D eigenvalue weighted by Gasteiger charge is -2.10. The number of rotatable bonds is 4. The van der Waals surface area contributed by atoms with Gasteiger partial charge in [0.05, 0.1) is 30.4 Å². The molecule has 0 spiro atoms. The van der Waals surface area contributed by atoms with E-state index in [4.69, 9.17) is 16.3 Å². The molecular formula is C12H11ClN4O2S. The number of H-pyrrole nitrogens is 2. The normalized spacial score (nSPS) is 10.9. The minimum atomic E-state index is -0.242. The van der Waals surface area contributed by atoms with Crippen LogP contribution in [-0.4, -0.2) is 22.1 Å². The minimum Gasteiger partial charge on any atom is -0.495 e. The fourth-order valence-electron chi connectivity index (χ4n) is 1.92.